The summed E-state index contributed by atoms with van der Waals surface area (Å²) < 4.78 is 5.67. The van der Waals surface area contributed by atoms with E-state index < -0.39 is 17.8 Å². The van der Waals surface area contributed by atoms with E-state index in [1.807, 2.05) is 32.9 Å². The van der Waals surface area contributed by atoms with Gasteiger partial charge in [-0.05, 0) is 44.7 Å². The molecule has 124 valence electrons. The third kappa shape index (κ3) is 2.85. The number of fused-ring (bicyclic) bond motifs is 2. The Morgan fingerprint density at radius 2 is 1.87 bits per heavy atom. The average Bonchev–Trinajstić information content (AvgIpc) is 3.07. The minimum atomic E-state index is -0.934. The highest BCUT2D eigenvalue weighted by Crippen LogP contribution is 2.43. The number of hydrogen-bond acceptors (Lipinski definition) is 3. The van der Waals surface area contributed by atoms with Crippen LogP contribution < -0.4 is 5.32 Å². The van der Waals surface area contributed by atoms with Gasteiger partial charge in [-0.15, -0.1) is 0 Å². The number of ether oxygens (including phenoxy) is 1. The molecule has 2 heterocycles. The number of hydrogen-bond donors (Lipinski definition) is 2. The molecule has 1 amide bonds. The standard InChI is InChI=1S/C18H23NO4/c1-9-4-5-12(10(2)8-9)11(3)19-17(20)15-13-6-7-14(23-13)16(15)18(21)22/h4-5,8,11,13-16H,6-7H2,1-3H3,(H,19,20)(H,21,22)/t11-,13-,14+,15+,16-/m0/s1. The van der Waals surface area contributed by atoms with Gasteiger partial charge in [0.2, 0.25) is 5.91 Å². The van der Waals surface area contributed by atoms with Gasteiger partial charge in [0.1, 0.15) is 0 Å². The lowest BCUT2D eigenvalue weighted by Gasteiger charge is -2.26. The first-order chi connectivity index (χ1) is 10.9. The summed E-state index contributed by atoms with van der Waals surface area (Å²) >= 11 is 0. The van der Waals surface area contributed by atoms with E-state index in [-0.39, 0.29) is 24.2 Å². The first-order valence-corrected chi connectivity index (χ1v) is 8.14. The van der Waals surface area contributed by atoms with Gasteiger partial charge >= 0.3 is 5.97 Å². The van der Waals surface area contributed by atoms with Crippen LogP contribution in [0.4, 0.5) is 0 Å². The van der Waals surface area contributed by atoms with Crippen molar-refractivity contribution in [3.63, 3.8) is 0 Å². The van der Waals surface area contributed by atoms with Crippen LogP contribution in [0.1, 0.15) is 42.5 Å². The van der Waals surface area contributed by atoms with Gasteiger partial charge in [0.25, 0.3) is 0 Å². The van der Waals surface area contributed by atoms with Crippen molar-refractivity contribution in [2.75, 3.05) is 0 Å². The fourth-order valence-electron chi connectivity index (χ4n) is 4.02. The number of benzene rings is 1. The molecule has 0 aliphatic carbocycles. The highest BCUT2D eigenvalue weighted by atomic mass is 16.5. The Kier molecular flexibility index (Phi) is 4.15. The number of carboxylic acids is 1. The summed E-state index contributed by atoms with van der Waals surface area (Å²) in [6.07, 6.45) is 0.930. The third-order valence-corrected chi connectivity index (χ3v) is 5.11. The maximum atomic E-state index is 12.7. The number of aryl methyl sites for hydroxylation is 2. The van der Waals surface area contributed by atoms with Crippen LogP contribution in [0.2, 0.25) is 0 Å². The lowest BCUT2D eigenvalue weighted by Crippen LogP contribution is -2.44. The Morgan fingerprint density at radius 1 is 1.22 bits per heavy atom. The summed E-state index contributed by atoms with van der Waals surface area (Å²) in [5.74, 6) is -2.45. The predicted molar refractivity (Wildman–Crippen MR) is 85.0 cm³/mol. The van der Waals surface area contributed by atoms with Crippen LogP contribution in [0.25, 0.3) is 0 Å². The largest absolute Gasteiger partial charge is 0.481 e. The number of carbonyl (C=O) groups excluding carboxylic acids is 1. The summed E-state index contributed by atoms with van der Waals surface area (Å²) in [4.78, 5) is 24.2. The normalized spacial score (nSPS) is 30.2. The topological polar surface area (TPSA) is 75.6 Å². The molecule has 3 rings (SSSR count). The molecule has 2 fully saturated rings. The molecule has 0 spiro atoms. The molecule has 1 aromatic carbocycles. The molecule has 0 radical (unpaired) electrons. The smallest absolute Gasteiger partial charge is 0.310 e. The molecule has 23 heavy (non-hydrogen) atoms. The fourth-order valence-corrected chi connectivity index (χ4v) is 4.02. The Bertz CT molecular complexity index is 642. The minimum Gasteiger partial charge on any atom is -0.481 e. The van der Waals surface area contributed by atoms with E-state index in [1.54, 1.807) is 0 Å². The van der Waals surface area contributed by atoms with Gasteiger partial charge in [-0.3, -0.25) is 9.59 Å². The maximum Gasteiger partial charge on any atom is 0.310 e. The molecule has 5 nitrogen and oxygen atoms in total. The summed E-state index contributed by atoms with van der Waals surface area (Å²) in [6, 6.07) is 5.96. The second-order valence-corrected chi connectivity index (χ2v) is 6.77. The fraction of sp³-hybridized carbons (Fsp3) is 0.556. The van der Waals surface area contributed by atoms with Crippen molar-refractivity contribution in [1.82, 2.24) is 5.32 Å². The van der Waals surface area contributed by atoms with Crippen molar-refractivity contribution in [1.29, 1.82) is 0 Å². The van der Waals surface area contributed by atoms with Crippen molar-refractivity contribution in [3.05, 3.63) is 34.9 Å². The van der Waals surface area contributed by atoms with Crippen LogP contribution in [0, 0.1) is 25.7 Å². The zero-order chi connectivity index (χ0) is 16.7. The number of carboxylic acid groups (broad SMARTS) is 1. The number of rotatable bonds is 4. The first kappa shape index (κ1) is 16.0. The molecule has 0 unspecified atom stereocenters. The summed E-state index contributed by atoms with van der Waals surface area (Å²) in [6.45, 7) is 5.98. The minimum absolute atomic E-state index is 0.156. The van der Waals surface area contributed by atoms with E-state index >= 15 is 0 Å². The van der Waals surface area contributed by atoms with Crippen LogP contribution in [0.15, 0.2) is 18.2 Å². The number of amides is 1. The molecule has 2 bridgehead atoms. The van der Waals surface area contributed by atoms with Crippen molar-refractivity contribution in [2.45, 2.75) is 51.9 Å². The van der Waals surface area contributed by atoms with Crippen LogP contribution in [-0.4, -0.2) is 29.2 Å². The Balaban J connectivity index is 1.74. The SMILES string of the molecule is Cc1ccc([C@H](C)NC(=O)[C@H]2[C@@H](C(=O)O)[C@H]3CC[C@@H]2O3)c(C)c1. The number of carbonyl (C=O) groups is 2. The maximum absolute atomic E-state index is 12.7. The van der Waals surface area contributed by atoms with Crippen molar-refractivity contribution in [2.24, 2.45) is 11.8 Å². The van der Waals surface area contributed by atoms with Gasteiger partial charge in [0.15, 0.2) is 0 Å². The van der Waals surface area contributed by atoms with E-state index in [0.29, 0.717) is 0 Å². The zero-order valence-electron chi connectivity index (χ0n) is 13.7. The van der Waals surface area contributed by atoms with E-state index in [4.69, 9.17) is 4.74 Å². The quantitative estimate of drug-likeness (QED) is 0.894. The summed E-state index contributed by atoms with van der Waals surface area (Å²) in [7, 11) is 0. The van der Waals surface area contributed by atoms with E-state index in [0.717, 1.165) is 24.0 Å². The van der Waals surface area contributed by atoms with Crippen molar-refractivity contribution in [3.8, 4) is 0 Å². The highest BCUT2D eigenvalue weighted by Gasteiger charge is 2.55. The summed E-state index contributed by atoms with van der Waals surface area (Å²) in [5.41, 5.74) is 3.36. The van der Waals surface area contributed by atoms with E-state index in [9.17, 15) is 14.7 Å². The highest BCUT2D eigenvalue weighted by molar-refractivity contribution is 5.86. The molecular weight excluding hydrogens is 294 g/mol. The second kappa shape index (κ2) is 5.96. The van der Waals surface area contributed by atoms with Crippen LogP contribution >= 0.6 is 0 Å². The predicted octanol–water partition coefficient (Wildman–Crippen LogP) is 2.36. The first-order valence-electron chi connectivity index (χ1n) is 8.14. The molecule has 2 saturated heterocycles. The molecule has 0 aromatic heterocycles. The van der Waals surface area contributed by atoms with Gasteiger partial charge in [-0.2, -0.15) is 0 Å². The molecule has 2 N–H and O–H groups in total. The average molecular weight is 317 g/mol. The van der Waals surface area contributed by atoms with Gasteiger partial charge in [-0.1, -0.05) is 23.8 Å². The van der Waals surface area contributed by atoms with Gasteiger partial charge in [0.05, 0.1) is 30.1 Å². The van der Waals surface area contributed by atoms with Crippen LogP contribution in [0.3, 0.4) is 0 Å². The van der Waals surface area contributed by atoms with Crippen molar-refractivity contribution >= 4 is 11.9 Å². The van der Waals surface area contributed by atoms with E-state index in [2.05, 4.69) is 11.4 Å². The Hall–Kier alpha value is -1.88. The molecular formula is C18H23NO4. The van der Waals surface area contributed by atoms with Crippen LogP contribution in [0.5, 0.6) is 0 Å². The Morgan fingerprint density at radius 3 is 2.48 bits per heavy atom. The van der Waals surface area contributed by atoms with Gasteiger partial charge in [-0.25, -0.2) is 0 Å². The number of nitrogens with one attached hydrogen (secondary N) is 1. The van der Waals surface area contributed by atoms with Gasteiger partial charge < -0.3 is 15.2 Å². The third-order valence-electron chi connectivity index (χ3n) is 5.11. The van der Waals surface area contributed by atoms with E-state index in [1.165, 1.54) is 5.56 Å². The summed E-state index contributed by atoms with van der Waals surface area (Å²) in [5, 5.41) is 12.4. The molecule has 5 atom stereocenters. The molecule has 1 aromatic rings. The lowest BCUT2D eigenvalue weighted by molar-refractivity contribution is -0.148. The molecule has 5 heteroatoms. The zero-order valence-corrected chi connectivity index (χ0v) is 13.7. The monoisotopic (exact) mass is 317 g/mol. The second-order valence-electron chi connectivity index (χ2n) is 6.77. The Labute approximate surface area is 136 Å². The molecule has 2 aliphatic rings. The molecule has 2 aliphatic heterocycles. The number of aliphatic carboxylic acids is 1. The lowest BCUT2D eigenvalue weighted by atomic mass is 9.78. The van der Waals surface area contributed by atoms with Crippen LogP contribution in [-0.2, 0) is 14.3 Å². The molecule has 0 saturated carbocycles. The van der Waals surface area contributed by atoms with Gasteiger partial charge in [0, 0.05) is 0 Å². The van der Waals surface area contributed by atoms with Crippen molar-refractivity contribution < 1.29 is 19.4 Å².